The third-order valence-corrected chi connectivity index (χ3v) is 4.49. The molecule has 0 saturated heterocycles. The number of rotatable bonds is 5. The van der Waals surface area contributed by atoms with Crippen molar-refractivity contribution in [2.45, 2.75) is 77.3 Å². The smallest absolute Gasteiger partial charge is 0.0354 e. The molecule has 1 unspecified atom stereocenters. The summed E-state index contributed by atoms with van der Waals surface area (Å²) in [4.78, 5) is 2.39. The molecule has 2 N–H and O–H groups in total. The third-order valence-electron chi connectivity index (χ3n) is 4.49. The monoisotopic (exact) mass is 240 g/mol. The minimum absolute atomic E-state index is 0.290. The Hall–Kier alpha value is -0.0800. The largest absolute Gasteiger partial charge is 0.326 e. The molecule has 2 heteroatoms. The van der Waals surface area contributed by atoms with E-state index in [0.29, 0.717) is 11.5 Å². The van der Waals surface area contributed by atoms with Crippen LogP contribution in [-0.2, 0) is 0 Å². The molecule has 17 heavy (non-hydrogen) atoms. The molecule has 0 aromatic carbocycles. The van der Waals surface area contributed by atoms with Crippen LogP contribution in [0.5, 0.6) is 0 Å². The molecule has 1 atom stereocenters. The average molecular weight is 240 g/mol. The van der Waals surface area contributed by atoms with E-state index in [-0.39, 0.29) is 5.54 Å². The summed E-state index contributed by atoms with van der Waals surface area (Å²) in [7, 11) is 4.41. The van der Waals surface area contributed by atoms with Gasteiger partial charge in [0.05, 0.1) is 0 Å². The molecule has 1 aliphatic rings. The lowest BCUT2D eigenvalue weighted by Gasteiger charge is -2.42. The number of hydrogen-bond donors (Lipinski definition) is 1. The molecular formula is C15H32N2. The Morgan fingerprint density at radius 2 is 1.71 bits per heavy atom. The second kappa shape index (κ2) is 5.71. The van der Waals surface area contributed by atoms with Crippen LogP contribution >= 0.6 is 0 Å². The Morgan fingerprint density at radius 1 is 1.18 bits per heavy atom. The van der Waals surface area contributed by atoms with Crippen molar-refractivity contribution < 1.29 is 0 Å². The molecule has 2 nitrogen and oxygen atoms in total. The zero-order chi connectivity index (χ0) is 13.1. The second-order valence-electron chi connectivity index (χ2n) is 7.26. The summed E-state index contributed by atoms with van der Waals surface area (Å²) in [6, 6.07) is 0.349. The molecule has 0 radical (unpaired) electrons. The van der Waals surface area contributed by atoms with Crippen LogP contribution in [-0.4, -0.2) is 30.6 Å². The fourth-order valence-corrected chi connectivity index (χ4v) is 3.26. The lowest BCUT2D eigenvalue weighted by Crippen LogP contribution is -2.55. The summed E-state index contributed by atoms with van der Waals surface area (Å²) in [6.07, 6.45) is 9.00. The van der Waals surface area contributed by atoms with E-state index in [2.05, 4.69) is 39.8 Å². The summed E-state index contributed by atoms with van der Waals surface area (Å²) in [5.74, 6) is 0. The highest BCUT2D eigenvalue weighted by Crippen LogP contribution is 2.37. The van der Waals surface area contributed by atoms with Crippen molar-refractivity contribution in [3.05, 3.63) is 0 Å². The maximum atomic E-state index is 6.50. The van der Waals surface area contributed by atoms with Gasteiger partial charge in [0.25, 0.3) is 0 Å². The highest BCUT2D eigenvalue weighted by molar-refractivity contribution is 5.00. The highest BCUT2D eigenvalue weighted by Gasteiger charge is 2.40. The highest BCUT2D eigenvalue weighted by atomic mass is 15.2. The first-order valence-corrected chi connectivity index (χ1v) is 7.21. The Bertz CT molecular complexity index is 222. The van der Waals surface area contributed by atoms with Crippen molar-refractivity contribution in [2.75, 3.05) is 14.1 Å². The predicted molar refractivity (Wildman–Crippen MR) is 76.2 cm³/mol. The van der Waals surface area contributed by atoms with E-state index >= 15 is 0 Å². The molecular weight excluding hydrogens is 208 g/mol. The molecule has 0 aromatic heterocycles. The summed E-state index contributed by atoms with van der Waals surface area (Å²) in [6.45, 7) is 6.95. The molecule has 0 heterocycles. The van der Waals surface area contributed by atoms with Crippen molar-refractivity contribution in [1.29, 1.82) is 0 Å². The van der Waals surface area contributed by atoms with Crippen molar-refractivity contribution in [3.8, 4) is 0 Å². The zero-order valence-corrected chi connectivity index (χ0v) is 12.6. The van der Waals surface area contributed by atoms with Crippen molar-refractivity contribution in [2.24, 2.45) is 11.1 Å². The van der Waals surface area contributed by atoms with Gasteiger partial charge in [-0.3, -0.25) is 0 Å². The van der Waals surface area contributed by atoms with Gasteiger partial charge >= 0.3 is 0 Å². The van der Waals surface area contributed by atoms with Gasteiger partial charge in [0.1, 0.15) is 0 Å². The van der Waals surface area contributed by atoms with Gasteiger partial charge in [-0.05, 0) is 45.2 Å². The minimum Gasteiger partial charge on any atom is -0.326 e. The summed E-state index contributed by atoms with van der Waals surface area (Å²) >= 11 is 0. The van der Waals surface area contributed by atoms with E-state index in [1.807, 2.05) is 0 Å². The maximum Gasteiger partial charge on any atom is 0.0354 e. The van der Waals surface area contributed by atoms with Crippen LogP contribution in [0.1, 0.15) is 65.7 Å². The van der Waals surface area contributed by atoms with Crippen LogP contribution in [0.4, 0.5) is 0 Å². The Balaban J connectivity index is 2.47. The fraction of sp³-hybridized carbons (Fsp3) is 1.00. The maximum absolute atomic E-state index is 6.50. The van der Waals surface area contributed by atoms with Crippen LogP contribution < -0.4 is 5.73 Å². The Kier molecular flexibility index (Phi) is 5.03. The van der Waals surface area contributed by atoms with Gasteiger partial charge in [-0.15, -0.1) is 0 Å². The molecule has 1 rings (SSSR count). The van der Waals surface area contributed by atoms with Crippen molar-refractivity contribution in [3.63, 3.8) is 0 Å². The van der Waals surface area contributed by atoms with Crippen molar-refractivity contribution >= 4 is 0 Å². The normalized spacial score (nSPS) is 22.1. The Labute approximate surface area is 108 Å². The molecule has 0 amide bonds. The zero-order valence-electron chi connectivity index (χ0n) is 12.6. The third kappa shape index (κ3) is 3.96. The van der Waals surface area contributed by atoms with Crippen molar-refractivity contribution in [1.82, 2.24) is 4.90 Å². The van der Waals surface area contributed by atoms with E-state index in [0.717, 1.165) is 0 Å². The van der Waals surface area contributed by atoms with Gasteiger partial charge in [-0.2, -0.15) is 0 Å². The van der Waals surface area contributed by atoms with Gasteiger partial charge in [0.2, 0.25) is 0 Å². The van der Waals surface area contributed by atoms with Gasteiger partial charge in [-0.1, -0.05) is 40.0 Å². The topological polar surface area (TPSA) is 29.3 Å². The average Bonchev–Trinajstić information content (AvgIpc) is 2.64. The second-order valence-corrected chi connectivity index (χ2v) is 7.26. The standard InChI is InChI=1S/C15H32N2/c1-14(2,3)10-8-9-13(16)15(17(4)5)11-6-7-12-15/h13H,6-12,16H2,1-5H3. The molecule has 102 valence electrons. The Morgan fingerprint density at radius 3 is 2.12 bits per heavy atom. The number of likely N-dealkylation sites (N-methyl/N-ethyl adjacent to an activating group) is 1. The lowest BCUT2D eigenvalue weighted by atomic mass is 9.82. The van der Waals surface area contributed by atoms with E-state index < -0.39 is 0 Å². The van der Waals surface area contributed by atoms with E-state index in [9.17, 15) is 0 Å². The van der Waals surface area contributed by atoms with Crippen LogP contribution in [0.3, 0.4) is 0 Å². The van der Waals surface area contributed by atoms with Crippen LogP contribution in [0.15, 0.2) is 0 Å². The van der Waals surface area contributed by atoms with Crippen LogP contribution in [0.25, 0.3) is 0 Å². The predicted octanol–water partition coefficient (Wildman–Crippen LogP) is 3.40. The van der Waals surface area contributed by atoms with E-state index in [1.54, 1.807) is 0 Å². The van der Waals surface area contributed by atoms with Gasteiger partial charge in [-0.25, -0.2) is 0 Å². The summed E-state index contributed by atoms with van der Waals surface area (Å²) in [5, 5.41) is 0. The SMILES string of the molecule is CN(C)C1(C(N)CCCC(C)(C)C)CCCC1. The van der Waals surface area contributed by atoms with Gasteiger partial charge in [0, 0.05) is 11.6 Å². The summed E-state index contributed by atoms with van der Waals surface area (Å²) < 4.78 is 0. The lowest BCUT2D eigenvalue weighted by molar-refractivity contribution is 0.116. The molecule has 1 saturated carbocycles. The summed E-state index contributed by atoms with van der Waals surface area (Å²) in [5.41, 5.74) is 7.24. The van der Waals surface area contributed by atoms with Crippen LogP contribution in [0, 0.1) is 5.41 Å². The minimum atomic E-state index is 0.290. The number of nitrogens with zero attached hydrogens (tertiary/aromatic N) is 1. The molecule has 1 aliphatic carbocycles. The number of nitrogens with two attached hydrogens (primary N) is 1. The molecule has 0 bridgehead atoms. The molecule has 0 aromatic rings. The quantitative estimate of drug-likeness (QED) is 0.798. The first kappa shape index (κ1) is 15.0. The fourth-order valence-electron chi connectivity index (χ4n) is 3.26. The molecule has 0 aliphatic heterocycles. The van der Waals surface area contributed by atoms with Gasteiger partial charge in [0.15, 0.2) is 0 Å². The van der Waals surface area contributed by atoms with E-state index in [1.165, 1.54) is 44.9 Å². The van der Waals surface area contributed by atoms with Crippen LogP contribution in [0.2, 0.25) is 0 Å². The molecule has 1 fully saturated rings. The first-order chi connectivity index (χ1) is 7.78. The van der Waals surface area contributed by atoms with E-state index in [4.69, 9.17) is 5.73 Å². The van der Waals surface area contributed by atoms with Gasteiger partial charge < -0.3 is 10.6 Å². The molecule has 0 spiro atoms. The first-order valence-electron chi connectivity index (χ1n) is 7.21. The number of hydrogen-bond acceptors (Lipinski definition) is 2.